The summed E-state index contributed by atoms with van der Waals surface area (Å²) in [5, 5.41) is 2.61. The van der Waals surface area contributed by atoms with Crippen LogP contribution in [0.5, 0.6) is 0 Å². The molecule has 0 saturated heterocycles. The van der Waals surface area contributed by atoms with E-state index < -0.39 is 17.7 Å². The molecule has 3 N–H and O–H groups in total. The number of nitrogens with one attached hydrogen (secondary N) is 1. The van der Waals surface area contributed by atoms with Gasteiger partial charge in [0.25, 0.3) is 5.91 Å². The highest BCUT2D eigenvalue weighted by Gasteiger charge is 2.19. The molecule has 0 rings (SSSR count). The molecule has 12 heavy (non-hydrogen) atoms. The van der Waals surface area contributed by atoms with Crippen LogP contribution in [0, 0.1) is 0 Å². The lowest BCUT2D eigenvalue weighted by atomic mass is 10.1. The van der Waals surface area contributed by atoms with E-state index in [1.807, 2.05) is 0 Å². The summed E-state index contributed by atoms with van der Waals surface area (Å²) in [6.07, 6.45) is -0.166. The number of ketones is 2. The Balaban J connectivity index is 4.12. The smallest absolute Gasteiger partial charge is 0.284 e. The highest BCUT2D eigenvalue weighted by atomic mass is 16.2. The Kier molecular flexibility index (Phi) is 4.14. The molecule has 0 fully saturated rings. The number of carbonyl (C=O) groups is 3. The molecule has 5 nitrogen and oxygen atoms in total. The van der Waals surface area contributed by atoms with E-state index in [1.165, 1.54) is 6.92 Å². The topological polar surface area (TPSA) is 89.3 Å². The second kappa shape index (κ2) is 4.61. The molecular weight excluding hydrogens is 160 g/mol. The Morgan fingerprint density at radius 3 is 2.17 bits per heavy atom. The van der Waals surface area contributed by atoms with Crippen LogP contribution in [-0.2, 0) is 14.4 Å². The van der Waals surface area contributed by atoms with Gasteiger partial charge in [0.15, 0.2) is 0 Å². The molecule has 1 amide bonds. The summed E-state index contributed by atoms with van der Waals surface area (Å²) in [5.41, 5.74) is 4.71. The van der Waals surface area contributed by atoms with Crippen molar-refractivity contribution in [1.82, 2.24) is 5.32 Å². The van der Waals surface area contributed by atoms with Gasteiger partial charge < -0.3 is 11.1 Å². The fraction of sp³-hybridized carbons (Fsp3) is 0.571. The molecule has 1 atom stereocenters. The summed E-state index contributed by atoms with van der Waals surface area (Å²) in [6.45, 7) is 1.34. The molecule has 0 bridgehead atoms. The van der Waals surface area contributed by atoms with Crippen molar-refractivity contribution in [1.29, 1.82) is 0 Å². The first-order chi connectivity index (χ1) is 5.49. The Morgan fingerprint density at radius 2 is 1.92 bits per heavy atom. The van der Waals surface area contributed by atoms with E-state index in [0.717, 1.165) is 0 Å². The first-order valence-electron chi connectivity index (χ1n) is 3.49. The van der Waals surface area contributed by atoms with Gasteiger partial charge in [0.2, 0.25) is 5.78 Å². The molecule has 0 aromatic carbocycles. The summed E-state index contributed by atoms with van der Waals surface area (Å²) >= 11 is 0. The second-order valence-corrected chi connectivity index (χ2v) is 2.44. The van der Waals surface area contributed by atoms with Gasteiger partial charge in [-0.3, -0.25) is 14.4 Å². The minimum absolute atomic E-state index is 0.166. The molecule has 5 heteroatoms. The maximum atomic E-state index is 10.8. The number of nitrogens with two attached hydrogens (primary N) is 1. The van der Waals surface area contributed by atoms with Crippen LogP contribution >= 0.6 is 0 Å². The molecule has 0 unspecified atom stereocenters. The first-order valence-corrected chi connectivity index (χ1v) is 3.49. The lowest BCUT2D eigenvalue weighted by molar-refractivity contribution is -0.137. The highest BCUT2D eigenvalue weighted by molar-refractivity contribution is 6.36. The van der Waals surface area contributed by atoms with Gasteiger partial charge in [-0.1, -0.05) is 0 Å². The van der Waals surface area contributed by atoms with E-state index in [-0.39, 0.29) is 12.2 Å². The van der Waals surface area contributed by atoms with Gasteiger partial charge in [-0.25, -0.2) is 0 Å². The molecule has 0 aromatic rings. The third kappa shape index (κ3) is 3.25. The number of Topliss-reactive ketones (excluding diaryl/α,β-unsaturated/α-hetero) is 2. The minimum atomic E-state index is -1.00. The van der Waals surface area contributed by atoms with E-state index in [9.17, 15) is 14.4 Å². The van der Waals surface area contributed by atoms with E-state index in [2.05, 4.69) is 5.32 Å². The van der Waals surface area contributed by atoms with E-state index in [0.29, 0.717) is 0 Å². The maximum Gasteiger partial charge on any atom is 0.284 e. The molecule has 0 radical (unpaired) electrons. The van der Waals surface area contributed by atoms with E-state index in [4.69, 9.17) is 5.73 Å². The van der Waals surface area contributed by atoms with Gasteiger partial charge in [-0.15, -0.1) is 0 Å². The Hall–Kier alpha value is -1.23. The molecule has 0 aliphatic heterocycles. The Labute approximate surface area is 70.3 Å². The third-order valence-electron chi connectivity index (χ3n) is 1.50. The van der Waals surface area contributed by atoms with Crippen molar-refractivity contribution < 1.29 is 14.4 Å². The number of amides is 1. The number of likely N-dealkylation sites (N-methyl/N-ethyl adjacent to an activating group) is 1. The van der Waals surface area contributed by atoms with Crippen LogP contribution in [0.15, 0.2) is 0 Å². The number of carbonyl (C=O) groups excluding carboxylic acids is 3. The van der Waals surface area contributed by atoms with Crippen molar-refractivity contribution in [2.45, 2.75) is 19.4 Å². The summed E-state index contributed by atoms with van der Waals surface area (Å²) < 4.78 is 0. The monoisotopic (exact) mass is 172 g/mol. The average molecular weight is 172 g/mol. The van der Waals surface area contributed by atoms with Crippen LogP contribution in [0.1, 0.15) is 13.3 Å². The summed E-state index contributed by atoms with van der Waals surface area (Å²) in [5.74, 6) is -1.92. The number of hydrogen-bond donors (Lipinski definition) is 2. The zero-order valence-electron chi connectivity index (χ0n) is 7.09. The van der Waals surface area contributed by atoms with Crippen molar-refractivity contribution in [3.05, 3.63) is 0 Å². The zero-order chi connectivity index (χ0) is 9.72. The van der Waals surface area contributed by atoms with Crippen LogP contribution in [0.4, 0.5) is 0 Å². The SMILES string of the molecule is CN[C@@H](CC(=O)C(N)=O)C(C)=O. The predicted octanol–water partition coefficient (Wildman–Crippen LogP) is -1.39. The van der Waals surface area contributed by atoms with Crippen LogP contribution in [0.25, 0.3) is 0 Å². The van der Waals surface area contributed by atoms with Crippen molar-refractivity contribution in [2.75, 3.05) is 7.05 Å². The van der Waals surface area contributed by atoms with Gasteiger partial charge in [-0.2, -0.15) is 0 Å². The highest BCUT2D eigenvalue weighted by Crippen LogP contribution is 1.93. The van der Waals surface area contributed by atoms with Gasteiger partial charge in [0.1, 0.15) is 5.78 Å². The molecule has 68 valence electrons. The van der Waals surface area contributed by atoms with Crippen LogP contribution in [0.3, 0.4) is 0 Å². The molecule has 0 aliphatic carbocycles. The van der Waals surface area contributed by atoms with Crippen molar-refractivity contribution in [3.8, 4) is 0 Å². The van der Waals surface area contributed by atoms with Gasteiger partial charge in [-0.05, 0) is 14.0 Å². The summed E-state index contributed by atoms with van der Waals surface area (Å²) in [7, 11) is 1.54. The minimum Gasteiger partial charge on any atom is -0.363 e. The fourth-order valence-electron chi connectivity index (χ4n) is 0.735. The van der Waals surface area contributed by atoms with Crippen molar-refractivity contribution in [2.24, 2.45) is 5.73 Å². The lowest BCUT2D eigenvalue weighted by Crippen LogP contribution is -2.37. The Bertz CT molecular complexity index is 213. The molecule has 0 heterocycles. The van der Waals surface area contributed by atoms with Crippen LogP contribution in [-0.4, -0.2) is 30.6 Å². The molecule has 0 aliphatic rings. The number of hydrogen-bond acceptors (Lipinski definition) is 4. The van der Waals surface area contributed by atoms with Crippen LogP contribution in [0.2, 0.25) is 0 Å². The normalized spacial score (nSPS) is 12.2. The second-order valence-electron chi connectivity index (χ2n) is 2.44. The number of primary amides is 1. The molecule has 0 aromatic heterocycles. The first kappa shape index (κ1) is 10.8. The molecule has 0 saturated carbocycles. The Morgan fingerprint density at radius 1 is 1.42 bits per heavy atom. The van der Waals surface area contributed by atoms with Crippen molar-refractivity contribution in [3.63, 3.8) is 0 Å². The summed E-state index contributed by atoms with van der Waals surface area (Å²) in [6, 6.07) is -0.606. The standard InChI is InChI=1S/C7H12N2O3/c1-4(10)5(9-2)3-6(11)7(8)12/h5,9H,3H2,1-2H3,(H2,8,12)/t5-/m0/s1. The maximum absolute atomic E-state index is 10.8. The number of rotatable bonds is 5. The van der Waals surface area contributed by atoms with Crippen LogP contribution < -0.4 is 11.1 Å². The van der Waals surface area contributed by atoms with E-state index >= 15 is 0 Å². The zero-order valence-corrected chi connectivity index (χ0v) is 7.09. The third-order valence-corrected chi connectivity index (χ3v) is 1.50. The lowest BCUT2D eigenvalue weighted by Gasteiger charge is -2.09. The van der Waals surface area contributed by atoms with Gasteiger partial charge in [0.05, 0.1) is 6.04 Å². The van der Waals surface area contributed by atoms with Crippen molar-refractivity contribution >= 4 is 17.5 Å². The van der Waals surface area contributed by atoms with Gasteiger partial charge in [0, 0.05) is 6.42 Å². The predicted molar refractivity (Wildman–Crippen MR) is 42.3 cm³/mol. The average Bonchev–Trinajstić information content (AvgIpc) is 1.98. The van der Waals surface area contributed by atoms with E-state index in [1.54, 1.807) is 7.05 Å². The molecule has 0 spiro atoms. The largest absolute Gasteiger partial charge is 0.363 e. The molecular formula is C7H12N2O3. The quantitative estimate of drug-likeness (QED) is 0.499. The van der Waals surface area contributed by atoms with Gasteiger partial charge >= 0.3 is 0 Å². The fourth-order valence-corrected chi connectivity index (χ4v) is 0.735. The summed E-state index contributed by atoms with van der Waals surface area (Å²) in [4.78, 5) is 31.8.